The van der Waals surface area contributed by atoms with Crippen LogP contribution in [-0.4, -0.2) is 37.4 Å². The first kappa shape index (κ1) is 18.0. The van der Waals surface area contributed by atoms with Crippen LogP contribution in [0.4, 0.5) is 0 Å². The molecule has 138 valence electrons. The Bertz CT molecular complexity index is 1160. The van der Waals surface area contributed by atoms with Crippen molar-refractivity contribution in [2.45, 2.75) is 20.0 Å². The van der Waals surface area contributed by atoms with Crippen molar-refractivity contribution in [2.24, 2.45) is 0 Å². The normalized spacial score (nSPS) is 12.6. The fourth-order valence-electron chi connectivity index (χ4n) is 2.90. The Morgan fingerprint density at radius 1 is 1.15 bits per heavy atom. The van der Waals surface area contributed by atoms with Gasteiger partial charge < -0.3 is 9.84 Å². The van der Waals surface area contributed by atoms with Crippen LogP contribution in [0.25, 0.3) is 28.1 Å². The second kappa shape index (κ2) is 6.96. The molecule has 0 fully saturated rings. The third kappa shape index (κ3) is 3.32. The average Bonchev–Trinajstić information content (AvgIpc) is 3.07. The molecule has 0 spiro atoms. The average molecular weight is 403 g/mol. The summed E-state index contributed by atoms with van der Waals surface area (Å²) in [4.78, 5) is 4.57. The fraction of sp³-hybridized carbons (Fsp3) is 0.211. The Kier molecular flexibility index (Phi) is 4.63. The van der Waals surface area contributed by atoms with Gasteiger partial charge in [-0.15, -0.1) is 10.2 Å². The Morgan fingerprint density at radius 2 is 1.96 bits per heavy atom. The van der Waals surface area contributed by atoms with Gasteiger partial charge in [0.2, 0.25) is 0 Å². The van der Waals surface area contributed by atoms with Crippen molar-refractivity contribution in [1.29, 1.82) is 0 Å². The summed E-state index contributed by atoms with van der Waals surface area (Å²) in [6.07, 6.45) is -0.571. The maximum absolute atomic E-state index is 9.44. The summed E-state index contributed by atoms with van der Waals surface area (Å²) in [5.74, 6) is 1.15. The summed E-state index contributed by atoms with van der Waals surface area (Å²) in [5.41, 5.74) is 3.61. The van der Waals surface area contributed by atoms with E-state index in [1.165, 1.54) is 0 Å². The summed E-state index contributed by atoms with van der Waals surface area (Å²) >= 11 is 12.6. The number of aliphatic hydroxyl groups is 1. The van der Waals surface area contributed by atoms with E-state index in [0.717, 1.165) is 16.7 Å². The quantitative estimate of drug-likeness (QED) is 0.550. The number of hydrogen-bond donors (Lipinski definition) is 1. The lowest BCUT2D eigenvalue weighted by Crippen LogP contribution is -2.12. The van der Waals surface area contributed by atoms with Crippen molar-refractivity contribution in [2.75, 3.05) is 6.61 Å². The Labute approximate surface area is 165 Å². The molecule has 8 heteroatoms. The van der Waals surface area contributed by atoms with Gasteiger partial charge in [0, 0.05) is 10.6 Å². The maximum Gasteiger partial charge on any atom is 0.183 e. The molecular formula is C19H16Cl2N4O2. The standard InChI is InChI=1S/C19H16Cl2N4O2/c1-10(26)9-27-13-4-5-15(21)14(8-13)19-24-23-18-11(2)22-16-6-3-12(20)7-17(16)25(18)19/h3-8,10,26H,9H2,1-2H3/t10-/m0/s1. The molecule has 0 saturated heterocycles. The van der Waals surface area contributed by atoms with Crippen LogP contribution in [0.2, 0.25) is 10.0 Å². The first-order chi connectivity index (χ1) is 12.9. The largest absolute Gasteiger partial charge is 0.491 e. The molecule has 4 rings (SSSR count). The van der Waals surface area contributed by atoms with E-state index in [9.17, 15) is 5.11 Å². The van der Waals surface area contributed by atoms with Crippen LogP contribution in [0.3, 0.4) is 0 Å². The summed E-state index contributed by atoms with van der Waals surface area (Å²) in [7, 11) is 0. The minimum atomic E-state index is -0.571. The first-order valence-corrected chi connectivity index (χ1v) is 9.11. The van der Waals surface area contributed by atoms with Gasteiger partial charge in [0.1, 0.15) is 12.4 Å². The highest BCUT2D eigenvalue weighted by Crippen LogP contribution is 2.33. The van der Waals surface area contributed by atoms with E-state index >= 15 is 0 Å². The van der Waals surface area contributed by atoms with Gasteiger partial charge in [-0.2, -0.15) is 0 Å². The minimum Gasteiger partial charge on any atom is -0.491 e. The zero-order chi connectivity index (χ0) is 19.1. The highest BCUT2D eigenvalue weighted by molar-refractivity contribution is 6.33. The SMILES string of the molecule is Cc1nc2ccc(Cl)cc2n2c(-c3cc(OC[C@H](C)O)ccc3Cl)nnc12. The predicted octanol–water partition coefficient (Wildman–Crippen LogP) is 4.32. The lowest BCUT2D eigenvalue weighted by Gasteiger charge is -2.11. The van der Waals surface area contributed by atoms with Gasteiger partial charge in [-0.25, -0.2) is 4.98 Å². The van der Waals surface area contributed by atoms with Crippen LogP contribution in [0.15, 0.2) is 36.4 Å². The van der Waals surface area contributed by atoms with Crippen LogP contribution in [0, 0.1) is 6.92 Å². The molecule has 0 radical (unpaired) electrons. The lowest BCUT2D eigenvalue weighted by atomic mass is 10.2. The smallest absolute Gasteiger partial charge is 0.183 e. The molecule has 0 aliphatic heterocycles. The third-order valence-corrected chi connectivity index (χ3v) is 4.69. The topological polar surface area (TPSA) is 72.5 Å². The molecule has 27 heavy (non-hydrogen) atoms. The van der Waals surface area contributed by atoms with Gasteiger partial charge in [-0.1, -0.05) is 23.2 Å². The van der Waals surface area contributed by atoms with Crippen LogP contribution in [0.5, 0.6) is 5.75 Å². The molecule has 4 aromatic rings. The van der Waals surface area contributed by atoms with Crippen LogP contribution in [-0.2, 0) is 0 Å². The molecular weight excluding hydrogens is 387 g/mol. The third-order valence-electron chi connectivity index (χ3n) is 4.12. The minimum absolute atomic E-state index is 0.184. The van der Waals surface area contributed by atoms with Crippen molar-refractivity contribution in [1.82, 2.24) is 19.6 Å². The fourth-order valence-corrected chi connectivity index (χ4v) is 3.27. The molecule has 1 N–H and O–H groups in total. The van der Waals surface area contributed by atoms with Gasteiger partial charge in [-0.3, -0.25) is 4.40 Å². The van der Waals surface area contributed by atoms with E-state index in [1.807, 2.05) is 23.5 Å². The second-order valence-corrected chi connectivity index (χ2v) is 7.16. The lowest BCUT2D eigenvalue weighted by molar-refractivity contribution is 0.123. The summed E-state index contributed by atoms with van der Waals surface area (Å²) in [6.45, 7) is 3.73. The first-order valence-electron chi connectivity index (χ1n) is 8.36. The number of aromatic nitrogens is 4. The van der Waals surface area contributed by atoms with Crippen molar-refractivity contribution >= 4 is 39.9 Å². The Balaban J connectivity index is 1.96. The summed E-state index contributed by atoms with van der Waals surface area (Å²) < 4.78 is 7.50. The molecule has 0 aliphatic rings. The van der Waals surface area contributed by atoms with E-state index in [2.05, 4.69) is 15.2 Å². The predicted molar refractivity (Wildman–Crippen MR) is 106 cm³/mol. The molecule has 6 nitrogen and oxygen atoms in total. The van der Waals surface area contributed by atoms with Gasteiger partial charge in [0.25, 0.3) is 0 Å². The molecule has 0 aliphatic carbocycles. The monoisotopic (exact) mass is 402 g/mol. The number of nitrogens with zero attached hydrogens (tertiary/aromatic N) is 4. The number of benzene rings is 2. The number of hydrogen-bond acceptors (Lipinski definition) is 5. The van der Waals surface area contributed by atoms with Crippen LogP contribution < -0.4 is 4.74 Å². The molecule has 1 atom stereocenters. The van der Waals surface area contributed by atoms with Crippen LogP contribution >= 0.6 is 23.2 Å². The molecule has 0 saturated carbocycles. The number of fused-ring (bicyclic) bond motifs is 3. The van der Waals surface area contributed by atoms with E-state index < -0.39 is 6.10 Å². The number of aliphatic hydroxyl groups excluding tert-OH is 1. The van der Waals surface area contributed by atoms with Crippen molar-refractivity contribution in [3.05, 3.63) is 52.1 Å². The Hall–Kier alpha value is -2.41. The number of rotatable bonds is 4. The molecule has 0 amide bonds. The van der Waals surface area contributed by atoms with Crippen molar-refractivity contribution in [3.8, 4) is 17.1 Å². The molecule has 0 bridgehead atoms. The number of halogens is 2. The molecule has 0 unspecified atom stereocenters. The zero-order valence-electron chi connectivity index (χ0n) is 14.6. The van der Waals surface area contributed by atoms with E-state index in [-0.39, 0.29) is 6.61 Å². The van der Waals surface area contributed by atoms with Crippen LogP contribution in [0.1, 0.15) is 12.6 Å². The van der Waals surface area contributed by atoms with Gasteiger partial charge in [0.05, 0.1) is 27.9 Å². The summed E-state index contributed by atoms with van der Waals surface area (Å²) in [5, 5.41) is 19.2. The molecule has 2 aromatic carbocycles. The number of aryl methyl sites for hydroxylation is 1. The summed E-state index contributed by atoms with van der Waals surface area (Å²) in [6, 6.07) is 10.7. The Morgan fingerprint density at radius 3 is 2.74 bits per heavy atom. The van der Waals surface area contributed by atoms with E-state index in [4.69, 9.17) is 27.9 Å². The maximum atomic E-state index is 9.44. The highest BCUT2D eigenvalue weighted by Gasteiger charge is 2.17. The highest BCUT2D eigenvalue weighted by atomic mass is 35.5. The van der Waals surface area contributed by atoms with Gasteiger partial charge >= 0.3 is 0 Å². The van der Waals surface area contributed by atoms with Gasteiger partial charge in [-0.05, 0) is 50.2 Å². The second-order valence-electron chi connectivity index (χ2n) is 6.31. The molecule has 2 aromatic heterocycles. The number of ether oxygens (including phenoxy) is 1. The van der Waals surface area contributed by atoms with E-state index in [0.29, 0.717) is 32.8 Å². The zero-order valence-corrected chi connectivity index (χ0v) is 16.2. The molecule has 2 heterocycles. The van der Waals surface area contributed by atoms with E-state index in [1.54, 1.807) is 31.2 Å². The van der Waals surface area contributed by atoms with Gasteiger partial charge in [0.15, 0.2) is 11.5 Å². The van der Waals surface area contributed by atoms with Crippen molar-refractivity contribution < 1.29 is 9.84 Å². The van der Waals surface area contributed by atoms with Crippen molar-refractivity contribution in [3.63, 3.8) is 0 Å².